The lowest BCUT2D eigenvalue weighted by molar-refractivity contribution is 0.103. The fourth-order valence-electron chi connectivity index (χ4n) is 2.76. The average Bonchev–Trinajstić information content (AvgIpc) is 2.47. The highest BCUT2D eigenvalue weighted by atomic mass is 16.5. The van der Waals surface area contributed by atoms with Crippen molar-refractivity contribution in [3.63, 3.8) is 0 Å². The summed E-state index contributed by atoms with van der Waals surface area (Å²) in [7, 11) is 3.39. The minimum atomic E-state index is 0.642. The first kappa shape index (κ1) is 15.1. The standard InChI is InChI=1S/C16H26N2O2/c1-13(2)18-10-8-17(9-11-18)12-14-6-5-7-15(19-3)16(14)20-4/h5-7,13H,8-12H2,1-4H3. The molecule has 1 saturated heterocycles. The third-order valence-electron chi connectivity index (χ3n) is 4.02. The van der Waals surface area contributed by atoms with E-state index in [2.05, 4.69) is 29.7 Å². The van der Waals surface area contributed by atoms with Crippen LogP contribution in [0.4, 0.5) is 0 Å². The molecule has 1 aromatic rings. The number of rotatable bonds is 5. The topological polar surface area (TPSA) is 24.9 Å². The summed E-state index contributed by atoms with van der Waals surface area (Å²) in [5.41, 5.74) is 1.20. The number of nitrogens with zero attached hydrogens (tertiary/aromatic N) is 2. The summed E-state index contributed by atoms with van der Waals surface area (Å²) in [6.45, 7) is 9.96. The Morgan fingerprint density at radius 2 is 1.75 bits per heavy atom. The van der Waals surface area contributed by atoms with Gasteiger partial charge in [-0.1, -0.05) is 12.1 Å². The fourth-order valence-corrected chi connectivity index (χ4v) is 2.76. The lowest BCUT2D eigenvalue weighted by Crippen LogP contribution is -2.48. The molecule has 2 rings (SSSR count). The summed E-state index contributed by atoms with van der Waals surface area (Å²) in [6, 6.07) is 6.74. The van der Waals surface area contributed by atoms with Crippen LogP contribution in [-0.2, 0) is 6.54 Å². The molecule has 0 atom stereocenters. The maximum atomic E-state index is 5.51. The van der Waals surface area contributed by atoms with E-state index in [1.165, 1.54) is 5.56 Å². The second kappa shape index (κ2) is 6.95. The van der Waals surface area contributed by atoms with Gasteiger partial charge in [0, 0.05) is 44.3 Å². The molecule has 4 nitrogen and oxygen atoms in total. The lowest BCUT2D eigenvalue weighted by atomic mass is 10.1. The van der Waals surface area contributed by atoms with Crippen molar-refractivity contribution in [1.82, 2.24) is 9.80 Å². The zero-order valence-electron chi connectivity index (χ0n) is 13.1. The van der Waals surface area contributed by atoms with Crippen molar-refractivity contribution in [1.29, 1.82) is 0 Å². The highest BCUT2D eigenvalue weighted by molar-refractivity contribution is 5.46. The maximum Gasteiger partial charge on any atom is 0.165 e. The molecule has 0 unspecified atom stereocenters. The van der Waals surface area contributed by atoms with Crippen molar-refractivity contribution in [2.45, 2.75) is 26.4 Å². The quantitative estimate of drug-likeness (QED) is 0.824. The van der Waals surface area contributed by atoms with Crippen LogP contribution in [0.1, 0.15) is 19.4 Å². The highest BCUT2D eigenvalue weighted by Crippen LogP contribution is 2.31. The van der Waals surface area contributed by atoms with Gasteiger partial charge in [0.2, 0.25) is 0 Å². The van der Waals surface area contributed by atoms with E-state index in [0.717, 1.165) is 44.2 Å². The molecule has 112 valence electrons. The van der Waals surface area contributed by atoms with Crippen LogP contribution in [0.25, 0.3) is 0 Å². The molecule has 1 fully saturated rings. The molecular formula is C16H26N2O2. The molecule has 1 aliphatic rings. The predicted molar refractivity (Wildman–Crippen MR) is 81.5 cm³/mol. The molecule has 0 bridgehead atoms. The summed E-state index contributed by atoms with van der Waals surface area (Å²) in [5.74, 6) is 1.67. The Bertz CT molecular complexity index is 426. The van der Waals surface area contributed by atoms with Crippen LogP contribution >= 0.6 is 0 Å². The van der Waals surface area contributed by atoms with E-state index >= 15 is 0 Å². The fraction of sp³-hybridized carbons (Fsp3) is 0.625. The van der Waals surface area contributed by atoms with Crippen molar-refractivity contribution in [3.05, 3.63) is 23.8 Å². The number of piperazine rings is 1. The zero-order chi connectivity index (χ0) is 14.5. The van der Waals surface area contributed by atoms with Gasteiger partial charge in [-0.3, -0.25) is 9.80 Å². The van der Waals surface area contributed by atoms with E-state index in [0.29, 0.717) is 6.04 Å². The molecule has 0 aliphatic carbocycles. The minimum Gasteiger partial charge on any atom is -0.493 e. The van der Waals surface area contributed by atoms with Crippen molar-refractivity contribution in [2.75, 3.05) is 40.4 Å². The Labute approximate surface area is 122 Å². The Morgan fingerprint density at radius 3 is 2.30 bits per heavy atom. The number of benzene rings is 1. The van der Waals surface area contributed by atoms with Crippen molar-refractivity contribution >= 4 is 0 Å². The van der Waals surface area contributed by atoms with Gasteiger partial charge >= 0.3 is 0 Å². The second-order valence-electron chi connectivity index (χ2n) is 5.56. The number of hydrogen-bond donors (Lipinski definition) is 0. The zero-order valence-corrected chi connectivity index (χ0v) is 13.1. The number of para-hydroxylation sites is 1. The van der Waals surface area contributed by atoms with Gasteiger partial charge in [-0.25, -0.2) is 0 Å². The minimum absolute atomic E-state index is 0.642. The average molecular weight is 278 g/mol. The first-order chi connectivity index (χ1) is 9.65. The van der Waals surface area contributed by atoms with Crippen molar-refractivity contribution in [2.24, 2.45) is 0 Å². The normalized spacial score (nSPS) is 17.4. The summed E-state index contributed by atoms with van der Waals surface area (Å²) >= 11 is 0. The van der Waals surface area contributed by atoms with Crippen LogP contribution in [0.15, 0.2) is 18.2 Å². The third-order valence-corrected chi connectivity index (χ3v) is 4.02. The molecule has 0 aromatic heterocycles. The van der Waals surface area contributed by atoms with Gasteiger partial charge in [-0.15, -0.1) is 0 Å². The van der Waals surface area contributed by atoms with Gasteiger partial charge in [0.25, 0.3) is 0 Å². The van der Waals surface area contributed by atoms with Gasteiger partial charge in [-0.2, -0.15) is 0 Å². The number of hydrogen-bond acceptors (Lipinski definition) is 4. The van der Waals surface area contributed by atoms with Crippen LogP contribution in [0.3, 0.4) is 0 Å². The van der Waals surface area contributed by atoms with Gasteiger partial charge in [0.15, 0.2) is 11.5 Å². The van der Waals surface area contributed by atoms with E-state index in [9.17, 15) is 0 Å². The predicted octanol–water partition coefficient (Wildman–Crippen LogP) is 2.23. The Morgan fingerprint density at radius 1 is 1.05 bits per heavy atom. The Kier molecular flexibility index (Phi) is 5.26. The van der Waals surface area contributed by atoms with Crippen LogP contribution in [0.5, 0.6) is 11.5 Å². The first-order valence-corrected chi connectivity index (χ1v) is 7.32. The smallest absolute Gasteiger partial charge is 0.165 e. The van der Waals surface area contributed by atoms with Crippen LogP contribution in [-0.4, -0.2) is 56.2 Å². The van der Waals surface area contributed by atoms with Crippen LogP contribution in [0, 0.1) is 0 Å². The van der Waals surface area contributed by atoms with Gasteiger partial charge in [0.1, 0.15) is 0 Å². The number of methoxy groups -OCH3 is 2. The first-order valence-electron chi connectivity index (χ1n) is 7.32. The Hall–Kier alpha value is -1.26. The third kappa shape index (κ3) is 3.44. The molecule has 0 N–H and O–H groups in total. The molecule has 4 heteroatoms. The molecule has 0 saturated carbocycles. The molecular weight excluding hydrogens is 252 g/mol. The largest absolute Gasteiger partial charge is 0.493 e. The van der Waals surface area contributed by atoms with Gasteiger partial charge in [-0.05, 0) is 19.9 Å². The van der Waals surface area contributed by atoms with Gasteiger partial charge < -0.3 is 9.47 Å². The van der Waals surface area contributed by atoms with Crippen LogP contribution in [0.2, 0.25) is 0 Å². The summed E-state index contributed by atoms with van der Waals surface area (Å²) < 4.78 is 10.9. The SMILES string of the molecule is COc1cccc(CN2CCN(C(C)C)CC2)c1OC. The van der Waals surface area contributed by atoms with E-state index in [4.69, 9.17) is 9.47 Å². The number of ether oxygens (including phenoxy) is 2. The molecule has 0 amide bonds. The lowest BCUT2D eigenvalue weighted by Gasteiger charge is -2.37. The summed E-state index contributed by atoms with van der Waals surface area (Å²) in [6.07, 6.45) is 0. The summed E-state index contributed by atoms with van der Waals surface area (Å²) in [4.78, 5) is 5.01. The van der Waals surface area contributed by atoms with E-state index < -0.39 is 0 Å². The molecule has 1 heterocycles. The van der Waals surface area contributed by atoms with E-state index in [-0.39, 0.29) is 0 Å². The van der Waals surface area contributed by atoms with Crippen LogP contribution < -0.4 is 9.47 Å². The van der Waals surface area contributed by atoms with E-state index in [1.807, 2.05) is 12.1 Å². The molecule has 1 aliphatic heterocycles. The van der Waals surface area contributed by atoms with Crippen molar-refractivity contribution < 1.29 is 9.47 Å². The summed E-state index contributed by atoms with van der Waals surface area (Å²) in [5, 5.41) is 0. The highest BCUT2D eigenvalue weighted by Gasteiger charge is 2.20. The monoisotopic (exact) mass is 278 g/mol. The van der Waals surface area contributed by atoms with E-state index in [1.54, 1.807) is 14.2 Å². The Balaban J connectivity index is 2.01. The second-order valence-corrected chi connectivity index (χ2v) is 5.56. The maximum absolute atomic E-state index is 5.51. The molecule has 0 spiro atoms. The molecule has 1 aromatic carbocycles. The molecule has 20 heavy (non-hydrogen) atoms. The van der Waals surface area contributed by atoms with Crippen molar-refractivity contribution in [3.8, 4) is 11.5 Å². The van der Waals surface area contributed by atoms with Gasteiger partial charge in [0.05, 0.1) is 14.2 Å². The molecule has 0 radical (unpaired) electrons.